The summed E-state index contributed by atoms with van der Waals surface area (Å²) >= 11 is 9.06. The number of nitrogens with zero attached hydrogens (tertiary/aromatic N) is 4. The lowest BCUT2D eigenvalue weighted by atomic mass is 10.0. The molecule has 0 radical (unpaired) electrons. The normalized spacial score (nSPS) is 12.0. The number of pyridine rings is 1. The van der Waals surface area contributed by atoms with E-state index in [4.69, 9.17) is 26.8 Å². The van der Waals surface area contributed by atoms with Crippen molar-refractivity contribution >= 4 is 58.9 Å². The molecule has 0 aliphatic carbocycles. The largest absolute Gasteiger partial charge is 0.434 e. The van der Waals surface area contributed by atoms with E-state index in [-0.39, 0.29) is 18.0 Å². The lowest BCUT2D eigenvalue weighted by Gasteiger charge is -2.17. The van der Waals surface area contributed by atoms with Crippen LogP contribution in [0.4, 0.5) is 8.78 Å². The molecule has 0 spiro atoms. The second kappa shape index (κ2) is 11.7. The summed E-state index contributed by atoms with van der Waals surface area (Å²) in [5, 5.41) is 4.83. The molecule has 202 valence electrons. The van der Waals surface area contributed by atoms with E-state index in [0.717, 1.165) is 6.04 Å². The first kappa shape index (κ1) is 28.4. The molecule has 0 saturated heterocycles. The molecule has 4 rings (SSSR count). The summed E-state index contributed by atoms with van der Waals surface area (Å²) in [4.78, 5) is 21.1. The number of amides is 1. The van der Waals surface area contributed by atoms with Crippen LogP contribution < -0.4 is 10.5 Å². The van der Waals surface area contributed by atoms with E-state index in [2.05, 4.69) is 34.7 Å². The van der Waals surface area contributed by atoms with Gasteiger partial charge in [0.05, 0.1) is 33.4 Å². The third-order valence-corrected chi connectivity index (χ3v) is 9.54. The first-order valence-corrected chi connectivity index (χ1v) is 17.6. The summed E-state index contributed by atoms with van der Waals surface area (Å²) in [5.41, 5.74) is 7.87. The number of nitrogens with two attached hydrogens (primary N) is 1. The van der Waals surface area contributed by atoms with E-state index in [1.165, 1.54) is 47.5 Å². The van der Waals surface area contributed by atoms with Gasteiger partial charge in [-0.05, 0) is 30.5 Å². The number of primary amides is 1. The lowest BCUT2D eigenvalue weighted by Crippen LogP contribution is -2.22. The van der Waals surface area contributed by atoms with E-state index < -0.39 is 20.6 Å². The molecule has 1 amide bonds. The van der Waals surface area contributed by atoms with Gasteiger partial charge in [0.25, 0.3) is 5.91 Å². The van der Waals surface area contributed by atoms with Crippen molar-refractivity contribution < 1.29 is 23.0 Å². The minimum Gasteiger partial charge on any atom is -0.434 e. The number of rotatable bonds is 11. The number of ether oxygens (including phenoxy) is 2. The van der Waals surface area contributed by atoms with Crippen LogP contribution in [0, 0.1) is 0 Å². The van der Waals surface area contributed by atoms with E-state index in [1.54, 1.807) is 10.9 Å². The minimum atomic E-state index is -3.05. The van der Waals surface area contributed by atoms with Crippen LogP contribution in [0.2, 0.25) is 30.7 Å². The number of thioether (sulfide) groups is 1. The van der Waals surface area contributed by atoms with Crippen LogP contribution in [0.25, 0.3) is 32.7 Å². The number of alkyl halides is 2. The van der Waals surface area contributed by atoms with Crippen LogP contribution in [-0.2, 0) is 11.5 Å². The smallest absolute Gasteiger partial charge is 0.387 e. The average Bonchev–Trinajstić information content (AvgIpc) is 3.45. The van der Waals surface area contributed by atoms with Crippen LogP contribution >= 0.6 is 34.7 Å². The Morgan fingerprint density at radius 3 is 2.68 bits per heavy atom. The zero-order chi connectivity index (χ0) is 27.6. The van der Waals surface area contributed by atoms with Crippen molar-refractivity contribution in [3.8, 4) is 28.3 Å². The number of hydrogen-bond donors (Lipinski definition) is 1. The molecule has 0 unspecified atom stereocenters. The summed E-state index contributed by atoms with van der Waals surface area (Å²) in [6.07, 6.45) is 4.81. The van der Waals surface area contributed by atoms with Gasteiger partial charge in [-0.15, -0.1) is 11.3 Å². The van der Waals surface area contributed by atoms with Gasteiger partial charge < -0.3 is 15.2 Å². The van der Waals surface area contributed by atoms with E-state index in [0.29, 0.717) is 48.7 Å². The van der Waals surface area contributed by atoms with Gasteiger partial charge in [0, 0.05) is 37.0 Å². The van der Waals surface area contributed by atoms with Gasteiger partial charge in [0.15, 0.2) is 4.34 Å². The molecule has 0 aliphatic rings. The maximum absolute atomic E-state index is 13.3. The Labute approximate surface area is 232 Å². The third kappa shape index (κ3) is 6.34. The van der Waals surface area contributed by atoms with Crippen molar-refractivity contribution in [3.63, 3.8) is 0 Å². The number of hydrogen-bond acceptors (Lipinski definition) is 8. The van der Waals surface area contributed by atoms with Crippen molar-refractivity contribution in [1.29, 1.82) is 0 Å². The highest BCUT2D eigenvalue weighted by Gasteiger charge is 2.25. The summed E-state index contributed by atoms with van der Waals surface area (Å²) < 4.78 is 40.3. The number of halogens is 3. The Bertz CT molecular complexity index is 1480. The Balaban J connectivity index is 1.91. The predicted molar refractivity (Wildman–Crippen MR) is 150 cm³/mol. The molecule has 3 aromatic heterocycles. The fraction of sp³-hybridized carbons (Fsp3) is 0.333. The summed E-state index contributed by atoms with van der Waals surface area (Å²) in [6, 6.07) is 5.34. The SMILES string of the molecule is CSc1nc2c(C(N)=O)cnc(-c3cnn(COCC[Si](C)(C)C)c3-c3cc(Cl)ccc3OC(F)F)c2s1. The maximum atomic E-state index is 13.3. The van der Waals surface area contributed by atoms with Crippen molar-refractivity contribution in [2.24, 2.45) is 5.73 Å². The third-order valence-electron chi connectivity index (χ3n) is 5.56. The molecule has 0 aliphatic heterocycles. The average molecular weight is 598 g/mol. The number of carbonyl (C=O) groups excluding carboxylic acids is 1. The van der Waals surface area contributed by atoms with E-state index >= 15 is 0 Å². The highest BCUT2D eigenvalue weighted by atomic mass is 35.5. The standard InChI is InChI=1S/C24H26ClF2N5O3S2Si/c1-36-24-31-19-16(22(28)33)10-29-18(21(19)37-24)15-11-30-32(12-34-7-8-38(2,3)4)20(15)14-9-13(25)5-6-17(14)35-23(26)27/h5-6,9-11,23H,7-8,12H2,1-4H3,(H2,28,33). The Kier molecular flexibility index (Phi) is 8.72. The first-order chi connectivity index (χ1) is 18.0. The van der Waals surface area contributed by atoms with Crippen molar-refractivity contribution in [3.05, 3.63) is 41.2 Å². The van der Waals surface area contributed by atoms with Crippen molar-refractivity contribution in [2.75, 3.05) is 12.9 Å². The highest BCUT2D eigenvalue weighted by molar-refractivity contribution is 8.00. The molecule has 14 heteroatoms. The molecule has 0 fully saturated rings. The number of benzene rings is 1. The van der Waals surface area contributed by atoms with Gasteiger partial charge in [-0.2, -0.15) is 13.9 Å². The monoisotopic (exact) mass is 597 g/mol. The van der Waals surface area contributed by atoms with Crippen LogP contribution in [0.15, 0.2) is 34.9 Å². The second-order valence-electron chi connectivity index (χ2n) is 9.52. The Hall–Kier alpha value is -2.58. The predicted octanol–water partition coefficient (Wildman–Crippen LogP) is 6.61. The molecular formula is C24H26ClF2N5O3S2Si. The lowest BCUT2D eigenvalue weighted by molar-refractivity contribution is -0.0494. The Morgan fingerprint density at radius 1 is 1.26 bits per heavy atom. The van der Waals surface area contributed by atoms with Crippen molar-refractivity contribution in [1.82, 2.24) is 19.7 Å². The van der Waals surface area contributed by atoms with Gasteiger partial charge in [-0.1, -0.05) is 43.0 Å². The molecule has 4 aromatic rings. The topological polar surface area (TPSA) is 105 Å². The summed E-state index contributed by atoms with van der Waals surface area (Å²) in [6.45, 7) is 4.30. The van der Waals surface area contributed by atoms with Gasteiger partial charge in [0.1, 0.15) is 12.5 Å². The molecular weight excluding hydrogens is 572 g/mol. The zero-order valence-electron chi connectivity index (χ0n) is 21.1. The maximum Gasteiger partial charge on any atom is 0.387 e. The second-order valence-corrected chi connectivity index (χ2v) is 17.6. The molecule has 3 heterocycles. The number of fused-ring (bicyclic) bond motifs is 1. The molecule has 0 atom stereocenters. The molecule has 38 heavy (non-hydrogen) atoms. The highest BCUT2D eigenvalue weighted by Crippen LogP contribution is 2.43. The number of carbonyl (C=O) groups is 1. The van der Waals surface area contributed by atoms with Crippen molar-refractivity contribution in [2.45, 2.75) is 43.4 Å². The fourth-order valence-electron chi connectivity index (χ4n) is 3.71. The molecule has 0 bridgehead atoms. The van der Waals surface area contributed by atoms with E-state index in [1.807, 2.05) is 6.26 Å². The van der Waals surface area contributed by atoms with Crippen LogP contribution in [-0.4, -0.2) is 53.2 Å². The Morgan fingerprint density at radius 2 is 2.03 bits per heavy atom. The zero-order valence-corrected chi connectivity index (χ0v) is 24.5. The summed E-state index contributed by atoms with van der Waals surface area (Å²) in [5.74, 6) is -0.727. The molecule has 8 nitrogen and oxygen atoms in total. The number of aromatic nitrogens is 4. The van der Waals surface area contributed by atoms with Crippen LogP contribution in [0.5, 0.6) is 5.75 Å². The fourth-order valence-corrected chi connectivity index (χ4v) is 6.23. The molecule has 1 aromatic carbocycles. The number of thiazole rings is 1. The minimum absolute atomic E-state index is 0.0711. The van der Waals surface area contributed by atoms with Gasteiger partial charge in [-0.3, -0.25) is 9.78 Å². The van der Waals surface area contributed by atoms with Gasteiger partial charge in [0.2, 0.25) is 0 Å². The summed E-state index contributed by atoms with van der Waals surface area (Å²) in [7, 11) is -1.33. The quantitative estimate of drug-likeness (QED) is 0.118. The van der Waals surface area contributed by atoms with Gasteiger partial charge in [-0.25, -0.2) is 9.67 Å². The molecule has 0 saturated carbocycles. The van der Waals surface area contributed by atoms with Crippen LogP contribution in [0.3, 0.4) is 0 Å². The molecule has 2 N–H and O–H groups in total. The van der Waals surface area contributed by atoms with Crippen LogP contribution in [0.1, 0.15) is 10.4 Å². The van der Waals surface area contributed by atoms with Gasteiger partial charge >= 0.3 is 6.61 Å². The first-order valence-electron chi connectivity index (χ1n) is 11.5. The van der Waals surface area contributed by atoms with E-state index in [9.17, 15) is 13.6 Å².